The predicted octanol–water partition coefficient (Wildman–Crippen LogP) is 0.0871. The zero-order valence-electron chi connectivity index (χ0n) is 6.56. The first-order valence-electron chi connectivity index (χ1n) is 3.04. The predicted molar refractivity (Wildman–Crippen MR) is 37.9 cm³/mol. The van der Waals surface area contributed by atoms with E-state index in [0.717, 1.165) is 0 Å². The van der Waals surface area contributed by atoms with Crippen LogP contribution in [0.4, 0.5) is 19.0 Å². The SMILES string of the molecule is Nc1ccnnn1.O=C(O)C(F)(F)F. The lowest BCUT2D eigenvalue weighted by Crippen LogP contribution is -2.21. The smallest absolute Gasteiger partial charge is 0.475 e. The van der Waals surface area contributed by atoms with E-state index in [2.05, 4.69) is 15.4 Å². The first kappa shape index (κ1) is 12.1. The Bertz CT molecular complexity index is 289. The summed E-state index contributed by atoms with van der Waals surface area (Å²) >= 11 is 0. The second kappa shape index (κ2) is 4.94. The quantitative estimate of drug-likeness (QED) is 0.628. The van der Waals surface area contributed by atoms with E-state index < -0.39 is 12.1 Å². The number of alkyl halides is 3. The Kier molecular flexibility index (Phi) is 4.26. The molecule has 1 heterocycles. The molecule has 1 aromatic heterocycles. The maximum atomic E-state index is 10.6. The average Bonchev–Trinajstić information content (AvgIpc) is 2.04. The van der Waals surface area contributed by atoms with Crippen molar-refractivity contribution in [3.05, 3.63) is 12.3 Å². The van der Waals surface area contributed by atoms with Gasteiger partial charge in [-0.2, -0.15) is 13.2 Å². The van der Waals surface area contributed by atoms with Crippen molar-refractivity contribution in [2.45, 2.75) is 6.18 Å². The second-order valence-electron chi connectivity index (χ2n) is 1.85. The zero-order valence-corrected chi connectivity index (χ0v) is 6.56. The van der Waals surface area contributed by atoms with E-state index in [0.29, 0.717) is 5.82 Å². The number of carboxylic acids is 1. The Morgan fingerprint density at radius 3 is 2.14 bits per heavy atom. The van der Waals surface area contributed by atoms with Gasteiger partial charge in [0.05, 0.1) is 6.20 Å². The molecule has 1 aromatic rings. The van der Waals surface area contributed by atoms with E-state index in [1.165, 1.54) is 6.20 Å². The van der Waals surface area contributed by atoms with Gasteiger partial charge in [-0.05, 0) is 5.21 Å². The Hall–Kier alpha value is -1.93. The third-order valence-electron chi connectivity index (χ3n) is 0.766. The van der Waals surface area contributed by atoms with Gasteiger partial charge in [-0.15, -0.1) is 10.2 Å². The molecule has 0 saturated heterocycles. The molecule has 0 radical (unpaired) electrons. The number of hydrogen-bond donors (Lipinski definition) is 2. The number of rotatable bonds is 0. The number of nitrogen functional groups attached to an aromatic ring is 1. The third kappa shape index (κ3) is 5.69. The average molecular weight is 210 g/mol. The standard InChI is InChI=1S/C3H4N4.C2HF3O2/c4-3-1-2-5-7-6-3;3-2(4,5)1(6)7/h1-2H,(H2,4,5,6);(H,6,7). The van der Waals surface area contributed by atoms with E-state index in [1.54, 1.807) is 6.07 Å². The van der Waals surface area contributed by atoms with Crippen molar-refractivity contribution in [3.63, 3.8) is 0 Å². The van der Waals surface area contributed by atoms with Crippen LogP contribution in [0, 0.1) is 0 Å². The summed E-state index contributed by atoms with van der Waals surface area (Å²) in [6.45, 7) is 0. The molecule has 0 aliphatic rings. The van der Waals surface area contributed by atoms with Crippen LogP contribution in [0.2, 0.25) is 0 Å². The van der Waals surface area contributed by atoms with Crippen LogP contribution in [0.1, 0.15) is 0 Å². The first-order chi connectivity index (χ1) is 6.34. The highest BCUT2D eigenvalue weighted by atomic mass is 19.4. The van der Waals surface area contributed by atoms with Crippen LogP contribution >= 0.6 is 0 Å². The molecule has 6 nitrogen and oxygen atoms in total. The summed E-state index contributed by atoms with van der Waals surface area (Å²) in [5.41, 5.74) is 5.14. The Labute approximate surface area is 75.6 Å². The molecule has 3 N–H and O–H groups in total. The van der Waals surface area contributed by atoms with Gasteiger partial charge in [-0.25, -0.2) is 4.79 Å². The van der Waals surface area contributed by atoms with Crippen molar-refractivity contribution < 1.29 is 23.1 Å². The lowest BCUT2D eigenvalue weighted by atomic mass is 10.6. The number of carboxylic acid groups (broad SMARTS) is 1. The minimum Gasteiger partial charge on any atom is -0.475 e. The lowest BCUT2D eigenvalue weighted by Gasteiger charge is -1.93. The van der Waals surface area contributed by atoms with Gasteiger partial charge in [0.2, 0.25) is 0 Å². The molecule has 0 spiro atoms. The molecule has 0 aliphatic carbocycles. The summed E-state index contributed by atoms with van der Waals surface area (Å²) in [4.78, 5) is 8.90. The number of hydrogen-bond acceptors (Lipinski definition) is 5. The fourth-order valence-electron chi connectivity index (χ4n) is 0.250. The minimum atomic E-state index is -5.08. The number of nitrogens with zero attached hydrogens (tertiary/aromatic N) is 3. The topological polar surface area (TPSA) is 102 Å². The Balaban J connectivity index is 0.000000241. The molecule has 0 saturated carbocycles. The van der Waals surface area contributed by atoms with Gasteiger partial charge in [-0.1, -0.05) is 0 Å². The van der Waals surface area contributed by atoms with Gasteiger partial charge in [0.15, 0.2) is 0 Å². The van der Waals surface area contributed by atoms with Crippen molar-refractivity contribution >= 4 is 11.8 Å². The van der Waals surface area contributed by atoms with Gasteiger partial charge in [0, 0.05) is 6.07 Å². The van der Waals surface area contributed by atoms with Crippen molar-refractivity contribution in [3.8, 4) is 0 Å². The first-order valence-corrected chi connectivity index (χ1v) is 3.04. The fraction of sp³-hybridized carbons (Fsp3) is 0.200. The molecular weight excluding hydrogens is 205 g/mol. The largest absolute Gasteiger partial charge is 0.490 e. The summed E-state index contributed by atoms with van der Waals surface area (Å²) in [6.07, 6.45) is -3.59. The van der Waals surface area contributed by atoms with Crippen LogP contribution < -0.4 is 5.73 Å². The third-order valence-corrected chi connectivity index (χ3v) is 0.766. The molecular formula is C5H5F3N4O2. The normalized spacial score (nSPS) is 9.93. The maximum Gasteiger partial charge on any atom is 0.490 e. The van der Waals surface area contributed by atoms with Crippen LogP contribution in [0.3, 0.4) is 0 Å². The van der Waals surface area contributed by atoms with E-state index >= 15 is 0 Å². The molecule has 78 valence electrons. The van der Waals surface area contributed by atoms with Crippen LogP contribution in [-0.4, -0.2) is 32.7 Å². The van der Waals surface area contributed by atoms with Gasteiger partial charge in [-0.3, -0.25) is 0 Å². The highest BCUT2D eigenvalue weighted by molar-refractivity contribution is 5.73. The number of halogens is 3. The molecule has 9 heteroatoms. The summed E-state index contributed by atoms with van der Waals surface area (Å²) in [7, 11) is 0. The molecule has 0 amide bonds. The highest BCUT2D eigenvalue weighted by Crippen LogP contribution is 2.13. The summed E-state index contributed by atoms with van der Waals surface area (Å²) in [6, 6.07) is 1.58. The zero-order chi connectivity index (χ0) is 11.2. The van der Waals surface area contributed by atoms with Gasteiger partial charge in [0.1, 0.15) is 5.82 Å². The van der Waals surface area contributed by atoms with Crippen molar-refractivity contribution in [1.82, 2.24) is 15.4 Å². The van der Waals surface area contributed by atoms with E-state index in [9.17, 15) is 13.2 Å². The van der Waals surface area contributed by atoms with Crippen LogP contribution in [-0.2, 0) is 4.79 Å². The van der Waals surface area contributed by atoms with Crippen molar-refractivity contribution in [1.29, 1.82) is 0 Å². The fourth-order valence-corrected chi connectivity index (χ4v) is 0.250. The molecule has 0 bridgehead atoms. The minimum absolute atomic E-state index is 0.398. The van der Waals surface area contributed by atoms with E-state index in [-0.39, 0.29) is 0 Å². The summed E-state index contributed by atoms with van der Waals surface area (Å²) in [5, 5.41) is 17.2. The molecule has 0 atom stereocenters. The number of anilines is 1. The van der Waals surface area contributed by atoms with Crippen molar-refractivity contribution in [2.24, 2.45) is 0 Å². The number of carbonyl (C=O) groups is 1. The second-order valence-corrected chi connectivity index (χ2v) is 1.85. The number of nitrogens with two attached hydrogens (primary N) is 1. The lowest BCUT2D eigenvalue weighted by molar-refractivity contribution is -0.192. The Morgan fingerprint density at radius 2 is 2.00 bits per heavy atom. The Morgan fingerprint density at radius 1 is 1.50 bits per heavy atom. The van der Waals surface area contributed by atoms with Crippen molar-refractivity contribution in [2.75, 3.05) is 5.73 Å². The maximum absolute atomic E-state index is 10.6. The van der Waals surface area contributed by atoms with E-state index in [1.807, 2.05) is 0 Å². The van der Waals surface area contributed by atoms with E-state index in [4.69, 9.17) is 15.6 Å². The van der Waals surface area contributed by atoms with Gasteiger partial charge >= 0.3 is 12.1 Å². The van der Waals surface area contributed by atoms with Crippen LogP contribution in [0.5, 0.6) is 0 Å². The van der Waals surface area contributed by atoms with Gasteiger partial charge in [0.25, 0.3) is 0 Å². The summed E-state index contributed by atoms with van der Waals surface area (Å²) < 4.78 is 31.7. The number of aromatic nitrogens is 3. The molecule has 0 fully saturated rings. The summed E-state index contributed by atoms with van der Waals surface area (Å²) in [5.74, 6) is -2.36. The molecule has 1 rings (SSSR count). The molecule has 0 aromatic carbocycles. The van der Waals surface area contributed by atoms with Gasteiger partial charge < -0.3 is 10.8 Å². The van der Waals surface area contributed by atoms with Crippen LogP contribution in [0.25, 0.3) is 0 Å². The molecule has 14 heavy (non-hydrogen) atoms. The monoisotopic (exact) mass is 210 g/mol. The molecule has 0 unspecified atom stereocenters. The molecule has 0 aliphatic heterocycles. The van der Waals surface area contributed by atoms with Crippen LogP contribution in [0.15, 0.2) is 12.3 Å². The highest BCUT2D eigenvalue weighted by Gasteiger charge is 2.38. The number of aliphatic carboxylic acids is 1.